The van der Waals surface area contributed by atoms with Crippen LogP contribution in [0.15, 0.2) is 12.2 Å². The van der Waals surface area contributed by atoms with Gasteiger partial charge >= 0.3 is 0 Å². The Kier molecular flexibility index (Phi) is 6.05. The predicted octanol–water partition coefficient (Wildman–Crippen LogP) is 1.82. The Bertz CT molecular complexity index is 341. The van der Waals surface area contributed by atoms with E-state index in [1.54, 1.807) is 0 Å². The average molecular weight is 280 g/mol. The highest BCUT2D eigenvalue weighted by Gasteiger charge is 2.23. The summed E-state index contributed by atoms with van der Waals surface area (Å²) in [5, 5.41) is 3.07. The minimum atomic E-state index is 0.144. The van der Waals surface area contributed by atoms with Crippen molar-refractivity contribution in [3.8, 4) is 0 Å². The van der Waals surface area contributed by atoms with E-state index in [0.717, 1.165) is 45.5 Å². The molecule has 1 N–H and O–H groups in total. The van der Waals surface area contributed by atoms with E-state index in [1.165, 1.54) is 0 Å². The molecule has 1 heterocycles. The molecule has 4 nitrogen and oxygen atoms in total. The normalized spacial score (nSPS) is 27.8. The standard InChI is InChI=1S/C16H28N2O2/c1-13(2)11-18-8-9-20-15(12-18)10-17-16(19)14-6-4-3-5-7-14/h3-4,13-15H,5-12H2,1-2H3,(H,17,19)/t14-,15+/m0/s1. The Morgan fingerprint density at radius 1 is 1.45 bits per heavy atom. The van der Waals surface area contributed by atoms with Crippen molar-refractivity contribution < 1.29 is 9.53 Å². The number of carbonyl (C=O) groups is 1. The summed E-state index contributed by atoms with van der Waals surface area (Å²) in [6.07, 6.45) is 7.32. The molecule has 2 rings (SSSR count). The highest BCUT2D eigenvalue weighted by atomic mass is 16.5. The summed E-state index contributed by atoms with van der Waals surface area (Å²) in [5.74, 6) is 1.03. The summed E-state index contributed by atoms with van der Waals surface area (Å²) in [4.78, 5) is 14.5. The van der Waals surface area contributed by atoms with Gasteiger partial charge in [-0.25, -0.2) is 0 Å². The zero-order valence-electron chi connectivity index (χ0n) is 12.8. The van der Waals surface area contributed by atoms with Crippen LogP contribution >= 0.6 is 0 Å². The molecule has 0 aromatic rings. The zero-order chi connectivity index (χ0) is 14.4. The first-order chi connectivity index (χ1) is 9.65. The Hall–Kier alpha value is -0.870. The van der Waals surface area contributed by atoms with Gasteiger partial charge in [0.15, 0.2) is 0 Å². The van der Waals surface area contributed by atoms with Crippen LogP contribution in [-0.2, 0) is 9.53 Å². The molecule has 1 amide bonds. The second-order valence-corrected chi connectivity index (χ2v) is 6.37. The first-order valence-corrected chi connectivity index (χ1v) is 7.92. The third-order valence-electron chi connectivity index (χ3n) is 3.99. The number of nitrogens with zero attached hydrogens (tertiary/aromatic N) is 1. The van der Waals surface area contributed by atoms with Crippen molar-refractivity contribution in [3.05, 3.63) is 12.2 Å². The third-order valence-corrected chi connectivity index (χ3v) is 3.99. The number of morpholine rings is 1. The van der Waals surface area contributed by atoms with Crippen LogP contribution in [0.25, 0.3) is 0 Å². The van der Waals surface area contributed by atoms with E-state index in [9.17, 15) is 4.79 Å². The largest absolute Gasteiger partial charge is 0.374 e. The molecule has 0 bridgehead atoms. The van der Waals surface area contributed by atoms with Gasteiger partial charge in [-0.3, -0.25) is 9.69 Å². The fraction of sp³-hybridized carbons (Fsp3) is 0.812. The second-order valence-electron chi connectivity index (χ2n) is 6.37. The van der Waals surface area contributed by atoms with Gasteiger partial charge in [-0.15, -0.1) is 0 Å². The van der Waals surface area contributed by atoms with E-state index in [0.29, 0.717) is 12.5 Å². The van der Waals surface area contributed by atoms with E-state index in [1.807, 2.05) is 0 Å². The number of hydrogen-bond donors (Lipinski definition) is 1. The van der Waals surface area contributed by atoms with Gasteiger partial charge in [0, 0.05) is 32.1 Å². The van der Waals surface area contributed by atoms with Crippen LogP contribution in [0.5, 0.6) is 0 Å². The van der Waals surface area contributed by atoms with E-state index < -0.39 is 0 Å². The molecule has 4 heteroatoms. The Balaban J connectivity index is 1.70. The Morgan fingerprint density at radius 2 is 2.30 bits per heavy atom. The minimum absolute atomic E-state index is 0.144. The molecular formula is C16H28N2O2. The molecule has 1 aliphatic carbocycles. The monoisotopic (exact) mass is 280 g/mol. The summed E-state index contributed by atoms with van der Waals surface area (Å²) in [6, 6.07) is 0. The predicted molar refractivity (Wildman–Crippen MR) is 80.5 cm³/mol. The van der Waals surface area contributed by atoms with Crippen LogP contribution < -0.4 is 5.32 Å². The van der Waals surface area contributed by atoms with Crippen LogP contribution in [-0.4, -0.2) is 49.7 Å². The zero-order valence-corrected chi connectivity index (χ0v) is 12.8. The van der Waals surface area contributed by atoms with Crippen molar-refractivity contribution >= 4 is 5.91 Å². The number of allylic oxidation sites excluding steroid dienone is 2. The molecule has 2 aliphatic rings. The fourth-order valence-corrected chi connectivity index (χ4v) is 2.98. The van der Waals surface area contributed by atoms with Crippen LogP contribution in [0.1, 0.15) is 33.1 Å². The van der Waals surface area contributed by atoms with Crippen LogP contribution in [0.4, 0.5) is 0 Å². The van der Waals surface area contributed by atoms with Gasteiger partial charge in [0.05, 0.1) is 12.7 Å². The Morgan fingerprint density at radius 3 is 3.00 bits per heavy atom. The molecule has 0 unspecified atom stereocenters. The number of amides is 1. The molecule has 1 saturated heterocycles. The van der Waals surface area contributed by atoms with Gasteiger partial charge in [-0.1, -0.05) is 26.0 Å². The lowest BCUT2D eigenvalue weighted by Gasteiger charge is -2.34. The van der Waals surface area contributed by atoms with E-state index >= 15 is 0 Å². The quantitative estimate of drug-likeness (QED) is 0.781. The maximum absolute atomic E-state index is 12.1. The molecule has 20 heavy (non-hydrogen) atoms. The summed E-state index contributed by atoms with van der Waals surface area (Å²) in [6.45, 7) is 8.96. The van der Waals surface area contributed by atoms with E-state index in [4.69, 9.17) is 4.74 Å². The highest BCUT2D eigenvalue weighted by Crippen LogP contribution is 2.18. The summed E-state index contributed by atoms with van der Waals surface area (Å²) >= 11 is 0. The maximum atomic E-state index is 12.1. The van der Waals surface area contributed by atoms with Gasteiger partial charge < -0.3 is 10.1 Å². The van der Waals surface area contributed by atoms with Crippen LogP contribution in [0, 0.1) is 11.8 Å². The third kappa shape index (κ3) is 4.91. The van der Waals surface area contributed by atoms with Crippen molar-refractivity contribution in [2.24, 2.45) is 11.8 Å². The molecule has 0 spiro atoms. The lowest BCUT2D eigenvalue weighted by atomic mass is 9.93. The summed E-state index contributed by atoms with van der Waals surface area (Å²) in [5.41, 5.74) is 0. The molecule has 0 radical (unpaired) electrons. The minimum Gasteiger partial charge on any atom is -0.374 e. The number of ether oxygens (including phenoxy) is 1. The fourth-order valence-electron chi connectivity index (χ4n) is 2.98. The first-order valence-electron chi connectivity index (χ1n) is 7.92. The number of hydrogen-bond acceptors (Lipinski definition) is 3. The molecule has 1 aliphatic heterocycles. The van der Waals surface area contributed by atoms with E-state index in [2.05, 4.69) is 36.2 Å². The van der Waals surface area contributed by atoms with Crippen molar-refractivity contribution in [2.45, 2.75) is 39.2 Å². The first kappa shape index (κ1) is 15.5. The molecule has 1 fully saturated rings. The highest BCUT2D eigenvalue weighted by molar-refractivity contribution is 5.79. The Labute approximate surface area is 122 Å². The summed E-state index contributed by atoms with van der Waals surface area (Å²) < 4.78 is 5.76. The lowest BCUT2D eigenvalue weighted by molar-refractivity contribution is -0.126. The molecule has 0 saturated carbocycles. The van der Waals surface area contributed by atoms with Crippen LogP contribution in [0.2, 0.25) is 0 Å². The van der Waals surface area contributed by atoms with Gasteiger partial charge in [-0.05, 0) is 25.2 Å². The van der Waals surface area contributed by atoms with Crippen molar-refractivity contribution in [2.75, 3.05) is 32.8 Å². The topological polar surface area (TPSA) is 41.6 Å². The molecular weight excluding hydrogens is 252 g/mol. The smallest absolute Gasteiger partial charge is 0.223 e. The molecule has 0 aromatic heterocycles. The molecule has 2 atom stereocenters. The molecule has 114 valence electrons. The van der Waals surface area contributed by atoms with E-state index in [-0.39, 0.29) is 17.9 Å². The number of carbonyl (C=O) groups excluding carboxylic acids is 1. The average Bonchev–Trinajstić information content (AvgIpc) is 2.45. The van der Waals surface area contributed by atoms with Gasteiger partial charge in [-0.2, -0.15) is 0 Å². The van der Waals surface area contributed by atoms with Crippen molar-refractivity contribution in [1.82, 2.24) is 10.2 Å². The van der Waals surface area contributed by atoms with Crippen molar-refractivity contribution in [1.29, 1.82) is 0 Å². The number of rotatable bonds is 5. The molecule has 0 aromatic carbocycles. The van der Waals surface area contributed by atoms with Crippen LogP contribution in [0.3, 0.4) is 0 Å². The van der Waals surface area contributed by atoms with Gasteiger partial charge in [0.1, 0.15) is 0 Å². The second kappa shape index (κ2) is 7.79. The SMILES string of the molecule is CC(C)CN1CCO[C@H](CNC(=O)[C@H]2CC=CCC2)C1. The number of nitrogens with one attached hydrogen (secondary N) is 1. The van der Waals surface area contributed by atoms with Gasteiger partial charge in [0.2, 0.25) is 5.91 Å². The summed E-state index contributed by atoms with van der Waals surface area (Å²) in [7, 11) is 0. The van der Waals surface area contributed by atoms with Crippen molar-refractivity contribution in [3.63, 3.8) is 0 Å². The van der Waals surface area contributed by atoms with Gasteiger partial charge in [0.25, 0.3) is 0 Å². The lowest BCUT2D eigenvalue weighted by Crippen LogP contribution is -2.49. The maximum Gasteiger partial charge on any atom is 0.223 e.